The molecule has 1 aromatic carbocycles. The highest BCUT2D eigenvalue weighted by Gasteiger charge is 2.14. The van der Waals surface area contributed by atoms with Crippen molar-refractivity contribution in [3.05, 3.63) is 52.3 Å². The Morgan fingerprint density at radius 3 is 2.90 bits per heavy atom. The maximum absolute atomic E-state index is 11.5. The Morgan fingerprint density at radius 2 is 2.20 bits per heavy atom. The number of esters is 1. The number of carbonyl (C=O) groups is 1. The molecule has 0 saturated carbocycles. The average Bonchev–Trinajstić information content (AvgIpc) is 2.88. The fourth-order valence-electron chi connectivity index (χ4n) is 1.69. The molecule has 20 heavy (non-hydrogen) atoms. The Bertz CT molecular complexity index is 636. The van der Waals surface area contributed by atoms with Crippen molar-refractivity contribution >= 4 is 23.0 Å². The first kappa shape index (κ1) is 13.6. The van der Waals surface area contributed by atoms with Gasteiger partial charge in [-0.25, -0.2) is 4.79 Å². The van der Waals surface area contributed by atoms with E-state index in [2.05, 4.69) is 10.3 Å². The first-order valence-corrected chi connectivity index (χ1v) is 5.97. The molecular weight excluding hydrogens is 262 g/mol. The van der Waals surface area contributed by atoms with Gasteiger partial charge >= 0.3 is 5.97 Å². The molecule has 0 aliphatic rings. The molecule has 2 rings (SSSR count). The molecule has 0 aliphatic heterocycles. The SMILES string of the molecule is CCOC(=O)c1cc(Nc2ccccc2[N+](=O)[O-])c[nH]1. The van der Waals surface area contributed by atoms with Gasteiger partial charge in [-0.1, -0.05) is 12.1 Å². The van der Waals surface area contributed by atoms with Crippen LogP contribution >= 0.6 is 0 Å². The fourth-order valence-corrected chi connectivity index (χ4v) is 1.69. The molecule has 2 aromatic rings. The highest BCUT2D eigenvalue weighted by Crippen LogP contribution is 2.27. The quantitative estimate of drug-likeness (QED) is 0.496. The van der Waals surface area contributed by atoms with Crippen LogP contribution in [0.1, 0.15) is 17.4 Å². The van der Waals surface area contributed by atoms with E-state index in [0.717, 1.165) is 0 Å². The minimum atomic E-state index is -0.471. The summed E-state index contributed by atoms with van der Waals surface area (Å²) in [5.74, 6) is -0.469. The summed E-state index contributed by atoms with van der Waals surface area (Å²) in [6.07, 6.45) is 1.54. The lowest BCUT2D eigenvalue weighted by molar-refractivity contribution is -0.383. The van der Waals surface area contributed by atoms with Gasteiger partial charge in [0.25, 0.3) is 5.69 Å². The number of H-pyrrole nitrogens is 1. The molecule has 104 valence electrons. The molecule has 0 radical (unpaired) electrons. The van der Waals surface area contributed by atoms with E-state index in [-0.39, 0.29) is 18.0 Å². The molecule has 1 aromatic heterocycles. The summed E-state index contributed by atoms with van der Waals surface area (Å²) in [6.45, 7) is 2.00. The normalized spacial score (nSPS) is 10.1. The smallest absolute Gasteiger partial charge is 0.354 e. The lowest BCUT2D eigenvalue weighted by Crippen LogP contribution is -2.04. The van der Waals surface area contributed by atoms with Gasteiger partial charge in [-0.15, -0.1) is 0 Å². The predicted octanol–water partition coefficient (Wildman–Crippen LogP) is 2.84. The molecular formula is C13H13N3O4. The third kappa shape index (κ3) is 2.94. The van der Waals surface area contributed by atoms with Crippen molar-refractivity contribution < 1.29 is 14.5 Å². The third-order valence-electron chi connectivity index (χ3n) is 2.56. The van der Waals surface area contributed by atoms with Crippen molar-refractivity contribution in [2.75, 3.05) is 11.9 Å². The van der Waals surface area contributed by atoms with Gasteiger partial charge in [0.05, 0.1) is 17.2 Å². The first-order valence-electron chi connectivity index (χ1n) is 5.97. The van der Waals surface area contributed by atoms with E-state index in [1.165, 1.54) is 12.1 Å². The number of para-hydroxylation sites is 2. The van der Waals surface area contributed by atoms with Gasteiger partial charge in [0.2, 0.25) is 0 Å². The number of nitrogens with zero attached hydrogens (tertiary/aromatic N) is 1. The zero-order valence-corrected chi connectivity index (χ0v) is 10.8. The van der Waals surface area contributed by atoms with Gasteiger partial charge in [0.1, 0.15) is 11.4 Å². The molecule has 1 heterocycles. The molecule has 2 N–H and O–H groups in total. The van der Waals surface area contributed by atoms with Crippen LogP contribution in [0, 0.1) is 10.1 Å². The second kappa shape index (κ2) is 5.87. The summed E-state index contributed by atoms with van der Waals surface area (Å²) in [6, 6.07) is 7.81. The van der Waals surface area contributed by atoms with E-state index < -0.39 is 10.9 Å². The van der Waals surface area contributed by atoms with Crippen molar-refractivity contribution in [1.82, 2.24) is 4.98 Å². The van der Waals surface area contributed by atoms with Crippen LogP contribution in [0.3, 0.4) is 0 Å². The maximum Gasteiger partial charge on any atom is 0.354 e. The fraction of sp³-hybridized carbons (Fsp3) is 0.154. The van der Waals surface area contributed by atoms with E-state index in [4.69, 9.17) is 4.74 Å². The van der Waals surface area contributed by atoms with Crippen LogP contribution in [-0.4, -0.2) is 22.5 Å². The molecule has 0 saturated heterocycles. The summed E-state index contributed by atoms with van der Waals surface area (Å²) in [5, 5.41) is 13.8. The highest BCUT2D eigenvalue weighted by atomic mass is 16.6. The number of carbonyl (C=O) groups excluding carboxylic acids is 1. The molecule has 7 heteroatoms. The van der Waals surface area contributed by atoms with Crippen LogP contribution in [0.15, 0.2) is 36.5 Å². The lowest BCUT2D eigenvalue weighted by atomic mass is 10.2. The number of ether oxygens (including phenoxy) is 1. The molecule has 0 aliphatic carbocycles. The van der Waals surface area contributed by atoms with Crippen molar-refractivity contribution in [2.24, 2.45) is 0 Å². The topological polar surface area (TPSA) is 97.3 Å². The molecule has 0 amide bonds. The number of nitro benzene ring substituents is 1. The Hall–Kier alpha value is -2.83. The third-order valence-corrected chi connectivity index (χ3v) is 2.56. The summed E-state index contributed by atoms with van der Waals surface area (Å²) in [5.41, 5.74) is 1.15. The molecule has 0 fully saturated rings. The minimum Gasteiger partial charge on any atom is -0.461 e. The number of benzene rings is 1. The molecule has 0 spiro atoms. The van der Waals surface area contributed by atoms with Crippen LogP contribution < -0.4 is 5.32 Å². The van der Waals surface area contributed by atoms with Gasteiger partial charge in [-0.05, 0) is 19.1 Å². The zero-order valence-electron chi connectivity index (χ0n) is 10.8. The van der Waals surface area contributed by atoms with Crippen molar-refractivity contribution in [1.29, 1.82) is 0 Å². The van der Waals surface area contributed by atoms with Crippen molar-refractivity contribution in [3.63, 3.8) is 0 Å². The lowest BCUT2D eigenvalue weighted by Gasteiger charge is -2.03. The Balaban J connectivity index is 2.19. The number of anilines is 2. The van der Waals surface area contributed by atoms with Crippen LogP contribution in [-0.2, 0) is 4.74 Å². The van der Waals surface area contributed by atoms with Gasteiger partial charge in [0, 0.05) is 12.3 Å². The molecule has 7 nitrogen and oxygen atoms in total. The standard InChI is InChI=1S/C13H13N3O4/c1-2-20-13(17)11-7-9(8-14-11)15-10-5-3-4-6-12(10)16(18)19/h3-8,14-15H,2H2,1H3. The van der Waals surface area contributed by atoms with Crippen molar-refractivity contribution in [2.45, 2.75) is 6.92 Å². The summed E-state index contributed by atoms with van der Waals surface area (Å²) in [7, 11) is 0. The Kier molecular flexibility index (Phi) is 3.99. The Morgan fingerprint density at radius 1 is 1.45 bits per heavy atom. The van der Waals surface area contributed by atoms with E-state index >= 15 is 0 Å². The van der Waals surface area contributed by atoms with Gasteiger partial charge < -0.3 is 15.0 Å². The number of aromatic nitrogens is 1. The number of hydrogen-bond donors (Lipinski definition) is 2. The number of hydrogen-bond acceptors (Lipinski definition) is 5. The highest BCUT2D eigenvalue weighted by molar-refractivity contribution is 5.89. The van der Waals surface area contributed by atoms with Gasteiger partial charge in [0.15, 0.2) is 0 Å². The maximum atomic E-state index is 11.5. The summed E-state index contributed by atoms with van der Waals surface area (Å²) >= 11 is 0. The van der Waals surface area contributed by atoms with Gasteiger partial charge in [-0.3, -0.25) is 10.1 Å². The van der Waals surface area contributed by atoms with E-state index in [0.29, 0.717) is 11.4 Å². The average molecular weight is 275 g/mol. The summed E-state index contributed by atoms with van der Waals surface area (Å²) < 4.78 is 4.85. The molecule has 0 atom stereocenters. The number of nitrogens with one attached hydrogen (secondary N) is 2. The first-order chi connectivity index (χ1) is 9.61. The van der Waals surface area contributed by atoms with E-state index in [1.807, 2.05) is 0 Å². The number of aromatic amines is 1. The number of rotatable bonds is 5. The minimum absolute atomic E-state index is 0.0358. The van der Waals surface area contributed by atoms with Crippen LogP contribution in [0.5, 0.6) is 0 Å². The number of nitro groups is 1. The molecule has 0 bridgehead atoms. The second-order valence-electron chi connectivity index (χ2n) is 3.92. The van der Waals surface area contributed by atoms with Crippen LogP contribution in [0.25, 0.3) is 0 Å². The van der Waals surface area contributed by atoms with Crippen LogP contribution in [0.2, 0.25) is 0 Å². The Labute approximate surface area is 114 Å². The van der Waals surface area contributed by atoms with Crippen molar-refractivity contribution in [3.8, 4) is 0 Å². The second-order valence-corrected chi connectivity index (χ2v) is 3.92. The van der Waals surface area contributed by atoms with Gasteiger partial charge in [-0.2, -0.15) is 0 Å². The predicted molar refractivity (Wildman–Crippen MR) is 73.1 cm³/mol. The van der Waals surface area contributed by atoms with E-state index in [9.17, 15) is 14.9 Å². The molecule has 0 unspecified atom stereocenters. The van der Waals surface area contributed by atoms with E-state index in [1.54, 1.807) is 31.3 Å². The van der Waals surface area contributed by atoms with Crippen LogP contribution in [0.4, 0.5) is 17.1 Å². The monoisotopic (exact) mass is 275 g/mol. The summed E-state index contributed by atoms with van der Waals surface area (Å²) in [4.78, 5) is 24.7. The zero-order chi connectivity index (χ0) is 14.5. The largest absolute Gasteiger partial charge is 0.461 e.